The molecule has 1 unspecified atom stereocenters. The van der Waals surface area contributed by atoms with E-state index >= 15 is 0 Å². The molecule has 0 saturated heterocycles. The summed E-state index contributed by atoms with van der Waals surface area (Å²) in [6.07, 6.45) is 0.972. The predicted octanol–water partition coefficient (Wildman–Crippen LogP) is 2.72. The van der Waals surface area contributed by atoms with Crippen molar-refractivity contribution in [3.63, 3.8) is 0 Å². The number of urea groups is 1. The van der Waals surface area contributed by atoms with Crippen LogP contribution < -0.4 is 10.5 Å². The number of carbonyl (C=O) groups is 1. The minimum atomic E-state index is -0.275. The van der Waals surface area contributed by atoms with Crippen LogP contribution in [0.3, 0.4) is 0 Å². The van der Waals surface area contributed by atoms with Gasteiger partial charge in [-0.1, -0.05) is 19.1 Å². The number of carbonyl (C=O) groups excluding carboxylic acids is 1. The van der Waals surface area contributed by atoms with Gasteiger partial charge in [-0.3, -0.25) is 0 Å². The number of amidine groups is 1. The Kier molecular flexibility index (Phi) is 4.27. The summed E-state index contributed by atoms with van der Waals surface area (Å²) in [5, 5.41) is 0. The van der Waals surface area contributed by atoms with Gasteiger partial charge < -0.3 is 15.4 Å². The van der Waals surface area contributed by atoms with Crippen LogP contribution in [0.15, 0.2) is 29.3 Å². The van der Waals surface area contributed by atoms with Crippen LogP contribution in [0.25, 0.3) is 0 Å². The summed E-state index contributed by atoms with van der Waals surface area (Å²) in [6.45, 7) is 6.68. The molecule has 0 fully saturated rings. The molecule has 5 nitrogen and oxygen atoms in total. The van der Waals surface area contributed by atoms with Gasteiger partial charge in [0.2, 0.25) is 0 Å². The van der Waals surface area contributed by atoms with Crippen LogP contribution in [0.2, 0.25) is 0 Å². The van der Waals surface area contributed by atoms with Crippen LogP contribution in [-0.2, 0) is 0 Å². The molecule has 1 heterocycles. The molecule has 1 aromatic rings. The number of rotatable bonds is 5. The normalized spacial score (nSPS) is 18.6. The van der Waals surface area contributed by atoms with Crippen molar-refractivity contribution in [2.24, 2.45) is 10.7 Å². The minimum Gasteiger partial charge on any atom is -0.494 e. The van der Waals surface area contributed by atoms with E-state index in [-0.39, 0.29) is 18.1 Å². The van der Waals surface area contributed by atoms with E-state index in [1.807, 2.05) is 38.1 Å². The number of hydrogen-bond donors (Lipinski definition) is 1. The lowest BCUT2D eigenvalue weighted by Gasteiger charge is -2.28. The molecule has 0 aromatic heterocycles. The number of ether oxygens (including phenoxy) is 1. The minimum absolute atomic E-state index is 0.0494. The van der Waals surface area contributed by atoms with Gasteiger partial charge in [-0.25, -0.2) is 4.79 Å². The van der Waals surface area contributed by atoms with Gasteiger partial charge in [0, 0.05) is 6.04 Å². The summed E-state index contributed by atoms with van der Waals surface area (Å²) in [4.78, 5) is 17.4. The standard InChI is InChI=1S/C15H21N3O2/c1-4-9-20-12-7-5-11(6-8-12)13-14(16)17-15(19)18(13)10(2)3/h5-8,10,13H,4,9H2,1-3H3,(H2,16,17,19). The Labute approximate surface area is 119 Å². The number of amides is 2. The molecule has 108 valence electrons. The molecule has 2 N–H and O–H groups in total. The first-order valence-electron chi connectivity index (χ1n) is 6.93. The molecule has 2 rings (SSSR count). The molecule has 0 spiro atoms. The average Bonchev–Trinajstić information content (AvgIpc) is 2.72. The van der Waals surface area contributed by atoms with Crippen molar-refractivity contribution in [3.8, 4) is 5.75 Å². The van der Waals surface area contributed by atoms with E-state index in [0.717, 1.165) is 17.7 Å². The molecule has 1 atom stereocenters. The Morgan fingerprint density at radius 1 is 1.35 bits per heavy atom. The number of nitrogens with zero attached hydrogens (tertiary/aromatic N) is 2. The fourth-order valence-electron chi connectivity index (χ4n) is 2.30. The van der Waals surface area contributed by atoms with Gasteiger partial charge in [-0.05, 0) is 38.0 Å². The summed E-state index contributed by atoms with van der Waals surface area (Å²) in [7, 11) is 0. The lowest BCUT2D eigenvalue weighted by atomic mass is 10.0. The van der Waals surface area contributed by atoms with Gasteiger partial charge in [0.25, 0.3) is 0 Å². The Morgan fingerprint density at radius 3 is 2.55 bits per heavy atom. The van der Waals surface area contributed by atoms with E-state index in [4.69, 9.17) is 10.5 Å². The highest BCUT2D eigenvalue weighted by molar-refractivity contribution is 6.03. The van der Waals surface area contributed by atoms with E-state index in [0.29, 0.717) is 12.4 Å². The molecule has 1 aliphatic rings. The number of nitrogens with two attached hydrogens (primary N) is 1. The number of aliphatic imine (C=N–C) groups is 1. The van der Waals surface area contributed by atoms with E-state index in [9.17, 15) is 4.79 Å². The van der Waals surface area contributed by atoms with Crippen molar-refractivity contribution < 1.29 is 9.53 Å². The fraction of sp³-hybridized carbons (Fsp3) is 0.467. The first-order valence-corrected chi connectivity index (χ1v) is 6.93. The van der Waals surface area contributed by atoms with Crippen LogP contribution in [0.5, 0.6) is 5.75 Å². The largest absolute Gasteiger partial charge is 0.494 e. The molecule has 20 heavy (non-hydrogen) atoms. The predicted molar refractivity (Wildman–Crippen MR) is 79.0 cm³/mol. The van der Waals surface area contributed by atoms with Gasteiger partial charge in [0.15, 0.2) is 0 Å². The summed E-state index contributed by atoms with van der Waals surface area (Å²) < 4.78 is 5.55. The van der Waals surface area contributed by atoms with Crippen LogP contribution in [0.1, 0.15) is 38.8 Å². The SMILES string of the molecule is CCCOc1ccc(C2C(N)=NC(=O)N2C(C)C)cc1. The zero-order valence-electron chi connectivity index (χ0n) is 12.2. The van der Waals surface area contributed by atoms with Crippen molar-refractivity contribution >= 4 is 11.9 Å². The second kappa shape index (κ2) is 5.94. The monoisotopic (exact) mass is 275 g/mol. The third-order valence-electron chi connectivity index (χ3n) is 3.23. The zero-order valence-corrected chi connectivity index (χ0v) is 12.2. The van der Waals surface area contributed by atoms with Crippen molar-refractivity contribution in [3.05, 3.63) is 29.8 Å². The fourth-order valence-corrected chi connectivity index (χ4v) is 2.30. The first kappa shape index (κ1) is 14.4. The highest BCUT2D eigenvalue weighted by Crippen LogP contribution is 2.29. The molecule has 1 aliphatic heterocycles. The molecule has 0 bridgehead atoms. The van der Waals surface area contributed by atoms with E-state index in [1.54, 1.807) is 4.90 Å². The van der Waals surface area contributed by atoms with E-state index in [1.165, 1.54) is 0 Å². The van der Waals surface area contributed by atoms with E-state index in [2.05, 4.69) is 11.9 Å². The number of hydrogen-bond acceptors (Lipinski definition) is 3. The summed E-state index contributed by atoms with van der Waals surface area (Å²) in [5.41, 5.74) is 6.86. The van der Waals surface area contributed by atoms with Crippen molar-refractivity contribution in [1.82, 2.24) is 4.90 Å². The maximum atomic E-state index is 11.9. The van der Waals surface area contributed by atoms with Gasteiger partial charge in [0.05, 0.1) is 6.61 Å². The molecule has 0 saturated carbocycles. The molecule has 5 heteroatoms. The van der Waals surface area contributed by atoms with Crippen LogP contribution in [0, 0.1) is 0 Å². The van der Waals surface area contributed by atoms with Crippen LogP contribution >= 0.6 is 0 Å². The summed E-state index contributed by atoms with van der Waals surface area (Å²) in [5.74, 6) is 1.18. The van der Waals surface area contributed by atoms with Crippen molar-refractivity contribution in [2.45, 2.75) is 39.3 Å². The van der Waals surface area contributed by atoms with Gasteiger partial charge in [0.1, 0.15) is 17.6 Å². The Hall–Kier alpha value is -2.04. The second-order valence-corrected chi connectivity index (χ2v) is 5.14. The van der Waals surface area contributed by atoms with Crippen molar-refractivity contribution in [2.75, 3.05) is 6.61 Å². The molecular weight excluding hydrogens is 254 g/mol. The highest BCUT2D eigenvalue weighted by Gasteiger charge is 2.36. The van der Waals surface area contributed by atoms with Crippen molar-refractivity contribution in [1.29, 1.82) is 0 Å². The second-order valence-electron chi connectivity index (χ2n) is 5.14. The van der Waals surface area contributed by atoms with Gasteiger partial charge >= 0.3 is 6.03 Å². The smallest absolute Gasteiger partial charge is 0.346 e. The summed E-state index contributed by atoms with van der Waals surface area (Å²) in [6, 6.07) is 7.18. The Bertz CT molecular complexity index is 508. The zero-order chi connectivity index (χ0) is 14.7. The lowest BCUT2D eigenvalue weighted by Crippen LogP contribution is -2.38. The van der Waals surface area contributed by atoms with Crippen LogP contribution in [-0.4, -0.2) is 29.4 Å². The third-order valence-corrected chi connectivity index (χ3v) is 3.23. The van der Waals surface area contributed by atoms with E-state index < -0.39 is 0 Å². The molecule has 1 aromatic carbocycles. The topological polar surface area (TPSA) is 67.9 Å². The molecule has 0 radical (unpaired) electrons. The Balaban J connectivity index is 2.21. The maximum absolute atomic E-state index is 11.9. The molecular formula is C15H21N3O2. The van der Waals surface area contributed by atoms with Crippen LogP contribution in [0.4, 0.5) is 4.79 Å². The quantitative estimate of drug-likeness (QED) is 0.898. The summed E-state index contributed by atoms with van der Waals surface area (Å²) >= 11 is 0. The first-order chi connectivity index (χ1) is 9.54. The van der Waals surface area contributed by atoms with Gasteiger partial charge in [-0.2, -0.15) is 4.99 Å². The number of benzene rings is 1. The molecule has 2 amide bonds. The van der Waals surface area contributed by atoms with Gasteiger partial charge in [-0.15, -0.1) is 0 Å². The average molecular weight is 275 g/mol. The third kappa shape index (κ3) is 2.76. The highest BCUT2D eigenvalue weighted by atomic mass is 16.5. The Morgan fingerprint density at radius 2 is 2.00 bits per heavy atom. The lowest BCUT2D eigenvalue weighted by molar-refractivity contribution is 0.190. The molecule has 0 aliphatic carbocycles. The maximum Gasteiger partial charge on any atom is 0.346 e.